The zero-order valence-electron chi connectivity index (χ0n) is 11.8. The van der Waals surface area contributed by atoms with Crippen LogP contribution in [-0.2, 0) is 6.67 Å². The number of nitrogens with two attached hydrogens (primary N) is 1. The van der Waals surface area contributed by atoms with Crippen molar-refractivity contribution in [2.45, 2.75) is 25.4 Å². The fraction of sp³-hybridized carbons (Fsp3) is 0.312. The number of para-hydroxylation sites is 1. The minimum Gasteiger partial charge on any atom is -0.389 e. The van der Waals surface area contributed by atoms with Gasteiger partial charge in [0.2, 0.25) is 0 Å². The number of thiophene rings is 1. The Kier molecular flexibility index (Phi) is 2.71. The summed E-state index contributed by atoms with van der Waals surface area (Å²) in [5, 5.41) is 14.5. The van der Waals surface area contributed by atoms with Crippen LogP contribution >= 0.6 is 11.3 Å². The van der Waals surface area contributed by atoms with Gasteiger partial charge in [0.25, 0.3) is 0 Å². The lowest BCUT2D eigenvalue weighted by atomic mass is 10.1. The molecular weight excluding hydrogens is 280 g/mol. The summed E-state index contributed by atoms with van der Waals surface area (Å²) in [7, 11) is 1.93. The number of hydrogen-bond acceptors (Lipinski definition) is 4. The summed E-state index contributed by atoms with van der Waals surface area (Å²) in [4.78, 5) is 0. The predicted octanol–water partition coefficient (Wildman–Crippen LogP) is 3.36. The second kappa shape index (κ2) is 4.48. The van der Waals surface area contributed by atoms with Gasteiger partial charge in [0.15, 0.2) is 0 Å². The molecule has 1 aliphatic carbocycles. The maximum Gasteiger partial charge on any atom is 0.110 e. The fourth-order valence-electron chi connectivity index (χ4n) is 3.19. The van der Waals surface area contributed by atoms with E-state index in [0.29, 0.717) is 23.2 Å². The van der Waals surface area contributed by atoms with Gasteiger partial charge in [-0.05, 0) is 31.4 Å². The lowest BCUT2D eigenvalue weighted by Crippen LogP contribution is -2.13. The molecule has 2 heterocycles. The maximum absolute atomic E-state index is 9.46. The molecule has 21 heavy (non-hydrogen) atoms. The van der Waals surface area contributed by atoms with Crippen molar-refractivity contribution in [3.05, 3.63) is 29.3 Å². The van der Waals surface area contributed by atoms with Crippen molar-refractivity contribution in [1.82, 2.24) is 9.88 Å². The molecular formula is C16H16N4S. The van der Waals surface area contributed by atoms with Crippen LogP contribution in [0, 0.1) is 11.3 Å². The number of benzene rings is 1. The average molecular weight is 296 g/mol. The first kappa shape index (κ1) is 12.7. The van der Waals surface area contributed by atoms with Crippen molar-refractivity contribution in [3.63, 3.8) is 0 Å². The van der Waals surface area contributed by atoms with Crippen LogP contribution in [0.5, 0.6) is 0 Å². The molecule has 0 spiro atoms. The normalized spacial score (nSPS) is 14.9. The molecule has 0 radical (unpaired) electrons. The molecule has 0 unspecified atom stereocenters. The van der Waals surface area contributed by atoms with Crippen LogP contribution < -0.4 is 11.1 Å². The van der Waals surface area contributed by atoms with Gasteiger partial charge in [-0.25, -0.2) is 0 Å². The molecule has 0 saturated heterocycles. The highest BCUT2D eigenvalue weighted by Gasteiger charge is 2.28. The predicted molar refractivity (Wildman–Crippen MR) is 87.5 cm³/mol. The summed E-state index contributed by atoms with van der Waals surface area (Å²) >= 11 is 1.53. The van der Waals surface area contributed by atoms with Crippen LogP contribution in [0.3, 0.4) is 0 Å². The van der Waals surface area contributed by atoms with E-state index in [2.05, 4.69) is 34.2 Å². The minimum atomic E-state index is 0.614. The zero-order valence-corrected chi connectivity index (χ0v) is 12.6. The van der Waals surface area contributed by atoms with E-state index in [-0.39, 0.29) is 0 Å². The largest absolute Gasteiger partial charge is 0.389 e. The fourth-order valence-corrected chi connectivity index (χ4v) is 4.23. The van der Waals surface area contributed by atoms with Crippen molar-refractivity contribution < 1.29 is 0 Å². The van der Waals surface area contributed by atoms with E-state index in [1.165, 1.54) is 40.6 Å². The van der Waals surface area contributed by atoms with Gasteiger partial charge < -0.3 is 15.6 Å². The van der Waals surface area contributed by atoms with Gasteiger partial charge in [0, 0.05) is 5.39 Å². The van der Waals surface area contributed by atoms with Gasteiger partial charge in [0.1, 0.15) is 16.6 Å². The molecule has 4 rings (SSSR count). The van der Waals surface area contributed by atoms with E-state index >= 15 is 0 Å². The standard InChI is InChI=1S/C16H16N4S/c1-19-8-20-13-10(9-5-6-9)3-2-4-11(13)15-14(20)12(7-17)16(18)21-15/h2-4,9,19H,5-6,8,18H2,1H3. The van der Waals surface area contributed by atoms with Gasteiger partial charge >= 0.3 is 0 Å². The van der Waals surface area contributed by atoms with Gasteiger partial charge in [-0.2, -0.15) is 5.26 Å². The smallest absolute Gasteiger partial charge is 0.110 e. The topological polar surface area (TPSA) is 66.8 Å². The van der Waals surface area contributed by atoms with E-state index in [1.54, 1.807) is 0 Å². The SMILES string of the molecule is CNCn1c2c(C3CC3)cccc2c2sc(N)c(C#N)c21. The summed E-state index contributed by atoms with van der Waals surface area (Å²) < 4.78 is 3.36. The van der Waals surface area contributed by atoms with Gasteiger partial charge in [0.05, 0.1) is 22.4 Å². The second-order valence-electron chi connectivity index (χ2n) is 5.59. The molecule has 4 nitrogen and oxygen atoms in total. The zero-order chi connectivity index (χ0) is 14.6. The number of aromatic nitrogens is 1. The summed E-state index contributed by atoms with van der Waals surface area (Å²) in [6.07, 6.45) is 2.54. The highest BCUT2D eigenvalue weighted by Crippen LogP contribution is 2.47. The van der Waals surface area contributed by atoms with Crippen LogP contribution in [0.4, 0.5) is 5.00 Å². The molecule has 0 bridgehead atoms. The number of anilines is 1. The monoisotopic (exact) mass is 296 g/mol. The molecule has 3 N–H and O–H groups in total. The Hall–Kier alpha value is -2.03. The molecule has 1 aromatic carbocycles. The molecule has 2 aromatic heterocycles. The Bertz CT molecular complexity index is 893. The van der Waals surface area contributed by atoms with Crippen LogP contribution in [0.15, 0.2) is 18.2 Å². The van der Waals surface area contributed by atoms with Crippen LogP contribution in [0.1, 0.15) is 29.9 Å². The molecule has 1 saturated carbocycles. The highest BCUT2D eigenvalue weighted by atomic mass is 32.1. The lowest BCUT2D eigenvalue weighted by molar-refractivity contribution is 0.652. The van der Waals surface area contributed by atoms with E-state index in [9.17, 15) is 5.26 Å². The number of rotatable bonds is 3. The maximum atomic E-state index is 9.46. The van der Waals surface area contributed by atoms with Crippen LogP contribution in [-0.4, -0.2) is 11.6 Å². The Morgan fingerprint density at radius 1 is 1.43 bits per heavy atom. The number of nitrogens with one attached hydrogen (secondary N) is 1. The second-order valence-corrected chi connectivity index (χ2v) is 6.64. The Labute approximate surface area is 126 Å². The van der Waals surface area contributed by atoms with E-state index in [0.717, 1.165) is 10.2 Å². The third-order valence-corrected chi connectivity index (χ3v) is 5.25. The number of fused-ring (bicyclic) bond motifs is 3. The Balaban J connectivity index is 2.19. The average Bonchev–Trinajstić information content (AvgIpc) is 3.22. The number of hydrogen-bond donors (Lipinski definition) is 2. The third-order valence-electron chi connectivity index (χ3n) is 4.21. The summed E-state index contributed by atoms with van der Waals surface area (Å²) in [6.45, 7) is 0.689. The first-order valence-corrected chi connectivity index (χ1v) is 7.95. The summed E-state index contributed by atoms with van der Waals surface area (Å²) in [6, 6.07) is 8.78. The quantitative estimate of drug-likeness (QED) is 0.778. The molecule has 1 aliphatic rings. The molecule has 106 valence electrons. The third kappa shape index (κ3) is 1.70. The number of nitriles is 1. The number of nitrogen functional groups attached to an aromatic ring is 1. The van der Waals surface area contributed by atoms with Gasteiger partial charge in [-0.15, -0.1) is 11.3 Å². The first-order chi connectivity index (χ1) is 10.3. The van der Waals surface area contributed by atoms with Crippen LogP contribution in [0.25, 0.3) is 21.1 Å². The van der Waals surface area contributed by atoms with Crippen molar-refractivity contribution >= 4 is 37.5 Å². The van der Waals surface area contributed by atoms with E-state index in [1.807, 2.05) is 7.05 Å². The van der Waals surface area contributed by atoms with Crippen molar-refractivity contribution in [1.29, 1.82) is 5.26 Å². The van der Waals surface area contributed by atoms with E-state index < -0.39 is 0 Å². The molecule has 0 aliphatic heterocycles. The lowest BCUT2D eigenvalue weighted by Gasteiger charge is -2.10. The van der Waals surface area contributed by atoms with E-state index in [4.69, 9.17) is 5.73 Å². The van der Waals surface area contributed by atoms with Gasteiger partial charge in [-0.3, -0.25) is 0 Å². The Morgan fingerprint density at radius 3 is 2.90 bits per heavy atom. The molecule has 1 fully saturated rings. The Morgan fingerprint density at radius 2 is 2.24 bits per heavy atom. The summed E-state index contributed by atoms with van der Waals surface area (Å²) in [5.74, 6) is 0.677. The van der Waals surface area contributed by atoms with Crippen LogP contribution in [0.2, 0.25) is 0 Å². The molecule has 0 amide bonds. The summed E-state index contributed by atoms with van der Waals surface area (Å²) in [5.41, 5.74) is 10.3. The first-order valence-electron chi connectivity index (χ1n) is 7.14. The number of nitrogens with zero attached hydrogens (tertiary/aromatic N) is 2. The highest BCUT2D eigenvalue weighted by molar-refractivity contribution is 7.24. The van der Waals surface area contributed by atoms with Crippen molar-refractivity contribution in [3.8, 4) is 6.07 Å². The minimum absolute atomic E-state index is 0.614. The van der Waals surface area contributed by atoms with Crippen molar-refractivity contribution in [2.75, 3.05) is 12.8 Å². The molecule has 3 aromatic rings. The molecule has 0 atom stereocenters. The van der Waals surface area contributed by atoms with Gasteiger partial charge in [-0.1, -0.05) is 18.2 Å². The van der Waals surface area contributed by atoms with Crippen molar-refractivity contribution in [2.24, 2.45) is 0 Å². The molecule has 5 heteroatoms.